The molecule has 0 aromatic carbocycles. The first-order valence-electron chi connectivity index (χ1n) is 4.05. The van der Waals surface area contributed by atoms with E-state index in [0.717, 1.165) is 0 Å². The third-order valence-electron chi connectivity index (χ3n) is 2.00. The third kappa shape index (κ3) is 1.30. The summed E-state index contributed by atoms with van der Waals surface area (Å²) in [5.74, 6) is -0.509. The number of fused-ring (bicyclic) bond motifs is 1. The van der Waals surface area contributed by atoms with Crippen LogP contribution in [0.4, 0.5) is 5.82 Å². The third-order valence-corrected chi connectivity index (χ3v) is 2.00. The molecule has 2 aromatic rings. The summed E-state index contributed by atoms with van der Waals surface area (Å²) in [5, 5.41) is 18.0. The molecule has 7 nitrogen and oxygen atoms in total. The molecule has 2 rings (SSSR count). The minimum atomic E-state index is -0.595. The Labute approximate surface area is 83.8 Å². The number of nitrogen functional groups attached to an aromatic ring is 1. The molecule has 0 aliphatic heterocycles. The van der Waals surface area contributed by atoms with Gasteiger partial charge in [-0.25, -0.2) is 0 Å². The summed E-state index contributed by atoms with van der Waals surface area (Å²) >= 11 is 0. The molecule has 0 atom stereocenters. The number of amidine groups is 1. The number of aromatic nitrogens is 2. The predicted molar refractivity (Wildman–Crippen MR) is 52.9 cm³/mol. The standard InChI is InChI=1S/C8H7N5O2/c9-7(10)5-2-1-3-12-4-11-8(6(5)12)13(14)15/h1-4H,(H3,9,10). The van der Waals surface area contributed by atoms with Crippen molar-refractivity contribution >= 4 is 17.2 Å². The van der Waals surface area contributed by atoms with Gasteiger partial charge in [0.25, 0.3) is 0 Å². The number of nitro groups is 1. The highest BCUT2D eigenvalue weighted by Crippen LogP contribution is 2.20. The van der Waals surface area contributed by atoms with Crippen molar-refractivity contribution in [3.8, 4) is 0 Å². The van der Waals surface area contributed by atoms with Crippen molar-refractivity contribution in [1.82, 2.24) is 9.38 Å². The van der Waals surface area contributed by atoms with Gasteiger partial charge in [0, 0.05) is 11.8 Å². The van der Waals surface area contributed by atoms with Gasteiger partial charge in [-0.2, -0.15) is 0 Å². The maximum absolute atomic E-state index is 10.7. The van der Waals surface area contributed by atoms with Crippen LogP contribution in [-0.2, 0) is 0 Å². The van der Waals surface area contributed by atoms with E-state index < -0.39 is 4.92 Å². The zero-order valence-corrected chi connectivity index (χ0v) is 7.54. The highest BCUT2D eigenvalue weighted by molar-refractivity contribution is 6.03. The van der Waals surface area contributed by atoms with Crippen molar-refractivity contribution in [3.05, 3.63) is 40.3 Å². The van der Waals surface area contributed by atoms with Crippen molar-refractivity contribution in [3.63, 3.8) is 0 Å². The van der Waals surface area contributed by atoms with Gasteiger partial charge in [-0.3, -0.25) is 9.81 Å². The van der Waals surface area contributed by atoms with Gasteiger partial charge in [0.1, 0.15) is 5.84 Å². The molecule has 7 heteroatoms. The van der Waals surface area contributed by atoms with Crippen LogP contribution < -0.4 is 5.73 Å². The second kappa shape index (κ2) is 3.05. The number of pyridine rings is 1. The summed E-state index contributed by atoms with van der Waals surface area (Å²) < 4.78 is 1.47. The number of rotatable bonds is 2. The van der Waals surface area contributed by atoms with E-state index >= 15 is 0 Å². The molecular weight excluding hydrogens is 198 g/mol. The fourth-order valence-corrected chi connectivity index (χ4v) is 1.39. The van der Waals surface area contributed by atoms with E-state index in [0.29, 0.717) is 5.56 Å². The van der Waals surface area contributed by atoms with Gasteiger partial charge < -0.3 is 15.8 Å². The number of nitrogens with two attached hydrogens (primary N) is 1. The first kappa shape index (κ1) is 9.13. The fourth-order valence-electron chi connectivity index (χ4n) is 1.39. The summed E-state index contributed by atoms with van der Waals surface area (Å²) in [5.41, 5.74) is 5.88. The lowest BCUT2D eigenvalue weighted by Crippen LogP contribution is -2.12. The van der Waals surface area contributed by atoms with E-state index in [4.69, 9.17) is 11.1 Å². The van der Waals surface area contributed by atoms with Gasteiger partial charge in [-0.1, -0.05) is 0 Å². The lowest BCUT2D eigenvalue weighted by Gasteiger charge is -2.00. The van der Waals surface area contributed by atoms with Gasteiger partial charge in [-0.15, -0.1) is 0 Å². The Balaban J connectivity index is 2.86. The molecule has 0 saturated heterocycles. The van der Waals surface area contributed by atoms with E-state index in [1.54, 1.807) is 18.3 Å². The molecule has 0 aliphatic rings. The maximum atomic E-state index is 10.7. The predicted octanol–water partition coefficient (Wildman–Crippen LogP) is 0.527. The Morgan fingerprint density at radius 1 is 1.67 bits per heavy atom. The number of hydrogen-bond donors (Lipinski definition) is 2. The van der Waals surface area contributed by atoms with Crippen molar-refractivity contribution in [2.45, 2.75) is 0 Å². The average Bonchev–Trinajstić information content (AvgIpc) is 2.60. The summed E-state index contributed by atoms with van der Waals surface area (Å²) in [6.07, 6.45) is 2.93. The lowest BCUT2D eigenvalue weighted by atomic mass is 10.2. The second-order valence-electron chi connectivity index (χ2n) is 2.92. The molecule has 0 radical (unpaired) electrons. The van der Waals surface area contributed by atoms with Gasteiger partial charge in [-0.05, 0) is 22.0 Å². The zero-order chi connectivity index (χ0) is 11.0. The van der Waals surface area contributed by atoms with Crippen LogP contribution in [-0.4, -0.2) is 20.1 Å². The van der Waals surface area contributed by atoms with Crippen LogP contribution in [0.25, 0.3) is 5.52 Å². The Kier molecular flexibility index (Phi) is 1.86. The van der Waals surface area contributed by atoms with E-state index in [1.807, 2.05) is 0 Å². The highest BCUT2D eigenvalue weighted by atomic mass is 16.6. The van der Waals surface area contributed by atoms with Crippen LogP contribution in [0.3, 0.4) is 0 Å². The number of imidazole rings is 1. The fraction of sp³-hybridized carbons (Fsp3) is 0. The Hall–Kier alpha value is -2.44. The largest absolute Gasteiger partial charge is 0.390 e. The SMILES string of the molecule is N=C(N)c1cccn2cnc([N+](=O)[O-])c12. The van der Waals surface area contributed by atoms with Gasteiger partial charge in [0.15, 0.2) is 5.52 Å². The van der Waals surface area contributed by atoms with Crippen molar-refractivity contribution in [1.29, 1.82) is 5.41 Å². The second-order valence-corrected chi connectivity index (χ2v) is 2.92. The molecule has 0 fully saturated rings. The first-order chi connectivity index (χ1) is 7.11. The molecular formula is C8H7N5O2. The monoisotopic (exact) mass is 205 g/mol. The van der Waals surface area contributed by atoms with Gasteiger partial charge in [0.2, 0.25) is 6.33 Å². The highest BCUT2D eigenvalue weighted by Gasteiger charge is 2.19. The minimum absolute atomic E-state index is 0.218. The van der Waals surface area contributed by atoms with Crippen molar-refractivity contribution in [2.24, 2.45) is 5.73 Å². The topological polar surface area (TPSA) is 110 Å². The van der Waals surface area contributed by atoms with Crippen LogP contribution in [0.5, 0.6) is 0 Å². The molecule has 76 valence electrons. The minimum Gasteiger partial charge on any atom is -0.384 e. The zero-order valence-electron chi connectivity index (χ0n) is 7.54. The van der Waals surface area contributed by atoms with Crippen LogP contribution in [0.2, 0.25) is 0 Å². The van der Waals surface area contributed by atoms with Crippen molar-refractivity contribution in [2.75, 3.05) is 0 Å². The van der Waals surface area contributed by atoms with E-state index in [-0.39, 0.29) is 17.2 Å². The number of hydrogen-bond acceptors (Lipinski definition) is 4. The molecule has 2 heterocycles. The normalized spacial score (nSPS) is 10.4. The average molecular weight is 205 g/mol. The molecule has 2 aromatic heterocycles. The smallest absolute Gasteiger partial charge is 0.384 e. The molecule has 15 heavy (non-hydrogen) atoms. The van der Waals surface area contributed by atoms with Crippen LogP contribution in [0, 0.1) is 15.5 Å². The number of nitrogens with zero attached hydrogens (tertiary/aromatic N) is 3. The molecule has 0 spiro atoms. The Morgan fingerprint density at radius 3 is 3.00 bits per heavy atom. The molecule has 0 unspecified atom stereocenters. The van der Waals surface area contributed by atoms with Crippen LogP contribution in [0.15, 0.2) is 24.7 Å². The Morgan fingerprint density at radius 2 is 2.40 bits per heavy atom. The molecule has 0 saturated carbocycles. The van der Waals surface area contributed by atoms with Gasteiger partial charge in [0.05, 0.1) is 0 Å². The van der Waals surface area contributed by atoms with E-state index in [2.05, 4.69) is 4.98 Å². The molecule has 0 aliphatic carbocycles. The van der Waals surface area contributed by atoms with Crippen LogP contribution >= 0.6 is 0 Å². The molecule has 0 amide bonds. The molecule has 3 N–H and O–H groups in total. The summed E-state index contributed by atoms with van der Waals surface area (Å²) in [6, 6.07) is 3.20. The van der Waals surface area contributed by atoms with E-state index in [1.165, 1.54) is 10.7 Å². The van der Waals surface area contributed by atoms with E-state index in [9.17, 15) is 10.1 Å². The summed E-state index contributed by atoms with van der Waals surface area (Å²) in [4.78, 5) is 13.7. The molecule has 0 bridgehead atoms. The quantitative estimate of drug-likeness (QED) is 0.322. The lowest BCUT2D eigenvalue weighted by molar-refractivity contribution is -0.387. The number of nitrogens with one attached hydrogen (secondary N) is 1. The van der Waals surface area contributed by atoms with Gasteiger partial charge >= 0.3 is 5.82 Å². The Bertz CT molecular complexity index is 559. The van der Waals surface area contributed by atoms with Crippen LogP contribution in [0.1, 0.15) is 5.56 Å². The maximum Gasteiger partial charge on any atom is 0.390 e. The van der Waals surface area contributed by atoms with Crippen molar-refractivity contribution < 1.29 is 4.92 Å². The summed E-state index contributed by atoms with van der Waals surface area (Å²) in [6.45, 7) is 0. The first-order valence-corrected chi connectivity index (χ1v) is 4.05. The summed E-state index contributed by atoms with van der Waals surface area (Å²) in [7, 11) is 0.